The molecule has 6 heteroatoms. The van der Waals surface area contributed by atoms with Gasteiger partial charge in [-0.25, -0.2) is 4.98 Å². The fraction of sp³-hybridized carbons (Fsp3) is 0.737. The Morgan fingerprint density at radius 2 is 1.96 bits per heavy atom. The van der Waals surface area contributed by atoms with Gasteiger partial charge in [-0.1, -0.05) is 6.92 Å². The summed E-state index contributed by atoms with van der Waals surface area (Å²) in [6, 6.07) is 2.45. The fourth-order valence-electron chi connectivity index (χ4n) is 4.06. The third-order valence-corrected chi connectivity index (χ3v) is 5.79. The number of amides is 1. The number of carbonyl (C=O) groups excluding carboxylic acids is 1. The van der Waals surface area contributed by atoms with Crippen LogP contribution < -0.4 is 9.80 Å². The van der Waals surface area contributed by atoms with Crippen LogP contribution in [0, 0.1) is 11.8 Å². The van der Waals surface area contributed by atoms with Gasteiger partial charge in [-0.2, -0.15) is 4.98 Å². The molecule has 0 spiro atoms. The van der Waals surface area contributed by atoms with E-state index in [0.717, 1.165) is 62.3 Å². The topological polar surface area (TPSA) is 52.6 Å². The fourth-order valence-corrected chi connectivity index (χ4v) is 4.06. The van der Waals surface area contributed by atoms with Crippen LogP contribution in [0.15, 0.2) is 6.07 Å². The molecule has 1 aromatic rings. The highest BCUT2D eigenvalue weighted by Gasteiger charge is 2.42. The first-order valence-corrected chi connectivity index (χ1v) is 9.66. The Hall–Kier alpha value is -1.85. The lowest BCUT2D eigenvalue weighted by molar-refractivity contribution is -0.140. The summed E-state index contributed by atoms with van der Waals surface area (Å²) in [5.74, 6) is 2.99. The third-order valence-electron chi connectivity index (χ3n) is 5.79. The average Bonchev–Trinajstić information content (AvgIpc) is 3.44. The summed E-state index contributed by atoms with van der Waals surface area (Å²) in [6.45, 7) is 4.80. The summed E-state index contributed by atoms with van der Waals surface area (Å²) in [7, 11) is 3.96. The minimum atomic E-state index is 0.125. The summed E-state index contributed by atoms with van der Waals surface area (Å²) in [5.41, 5.74) is 1.06. The highest BCUT2D eigenvalue weighted by Crippen LogP contribution is 2.36. The number of aryl methyl sites for hydroxylation is 1. The van der Waals surface area contributed by atoms with E-state index in [-0.39, 0.29) is 5.92 Å². The van der Waals surface area contributed by atoms with Gasteiger partial charge in [0.25, 0.3) is 0 Å². The van der Waals surface area contributed by atoms with E-state index in [4.69, 9.17) is 4.98 Å². The van der Waals surface area contributed by atoms with Crippen molar-refractivity contribution in [3.05, 3.63) is 11.8 Å². The molecule has 0 radical (unpaired) electrons. The van der Waals surface area contributed by atoms with Gasteiger partial charge < -0.3 is 14.7 Å². The molecule has 2 atom stereocenters. The molecule has 4 fully saturated rings. The highest BCUT2D eigenvalue weighted by atomic mass is 16.2. The molecule has 0 aromatic carbocycles. The predicted molar refractivity (Wildman–Crippen MR) is 98.9 cm³/mol. The molecule has 25 heavy (non-hydrogen) atoms. The van der Waals surface area contributed by atoms with Gasteiger partial charge in [0.1, 0.15) is 5.82 Å². The largest absolute Gasteiger partial charge is 0.354 e. The highest BCUT2D eigenvalue weighted by molar-refractivity contribution is 5.81. The second kappa shape index (κ2) is 6.46. The number of nitrogens with zero attached hydrogens (tertiary/aromatic N) is 5. The van der Waals surface area contributed by atoms with Crippen LogP contribution >= 0.6 is 0 Å². The Labute approximate surface area is 150 Å². The summed E-state index contributed by atoms with van der Waals surface area (Å²) >= 11 is 0. The van der Waals surface area contributed by atoms with E-state index in [1.54, 1.807) is 0 Å². The van der Waals surface area contributed by atoms with Gasteiger partial charge in [0.05, 0.1) is 5.92 Å². The lowest BCUT2D eigenvalue weighted by atomic mass is 9.94. The van der Waals surface area contributed by atoms with E-state index in [1.807, 2.05) is 19.0 Å². The van der Waals surface area contributed by atoms with Crippen LogP contribution in [0.25, 0.3) is 0 Å². The van der Waals surface area contributed by atoms with Crippen LogP contribution in [-0.4, -0.2) is 60.5 Å². The quantitative estimate of drug-likeness (QED) is 0.818. The predicted octanol–water partition coefficient (Wildman–Crippen LogP) is 1.94. The first-order chi connectivity index (χ1) is 12.0. The molecule has 3 saturated heterocycles. The van der Waals surface area contributed by atoms with Crippen LogP contribution in [-0.2, 0) is 11.2 Å². The number of piperidine rings is 1. The number of carbonyl (C=O) groups is 1. The Balaban J connectivity index is 1.61. The van der Waals surface area contributed by atoms with E-state index < -0.39 is 0 Å². The van der Waals surface area contributed by atoms with Gasteiger partial charge in [0.15, 0.2) is 0 Å². The number of rotatable bonds is 5. The van der Waals surface area contributed by atoms with E-state index in [9.17, 15) is 4.79 Å². The molecular formula is C19H29N5O. The van der Waals surface area contributed by atoms with Gasteiger partial charge in [-0.3, -0.25) is 4.79 Å². The number of hydrogen-bond acceptors (Lipinski definition) is 5. The van der Waals surface area contributed by atoms with E-state index in [0.29, 0.717) is 11.9 Å². The zero-order chi connectivity index (χ0) is 17.6. The summed E-state index contributed by atoms with van der Waals surface area (Å²) < 4.78 is 0. The van der Waals surface area contributed by atoms with Gasteiger partial charge in [0.2, 0.25) is 11.9 Å². The minimum Gasteiger partial charge on any atom is -0.354 e. The number of hydrogen-bond donors (Lipinski definition) is 0. The molecule has 0 N–H and O–H groups in total. The van der Waals surface area contributed by atoms with Crippen molar-refractivity contribution in [3.63, 3.8) is 0 Å². The molecule has 1 aliphatic carbocycles. The standard InChI is InChI=1S/C19H29N5O/c1-4-15-9-17(21-19(20-15)22(2)3)23-11-14-7-8-16(12-23)24(18(14)25)10-13-5-6-13/h9,13-14,16H,4-8,10-12H2,1-3H3/t14-,16+/m0/s1. The smallest absolute Gasteiger partial charge is 0.227 e. The Kier molecular flexibility index (Phi) is 4.29. The Morgan fingerprint density at radius 3 is 2.64 bits per heavy atom. The van der Waals surface area contributed by atoms with Crippen molar-refractivity contribution in [1.29, 1.82) is 0 Å². The van der Waals surface area contributed by atoms with Crippen LogP contribution in [0.2, 0.25) is 0 Å². The van der Waals surface area contributed by atoms with Crippen molar-refractivity contribution in [2.24, 2.45) is 11.8 Å². The molecule has 0 unspecified atom stereocenters. The first kappa shape index (κ1) is 16.6. The van der Waals surface area contributed by atoms with Gasteiger partial charge >= 0.3 is 0 Å². The zero-order valence-electron chi connectivity index (χ0n) is 15.6. The van der Waals surface area contributed by atoms with Crippen molar-refractivity contribution in [2.75, 3.05) is 43.5 Å². The van der Waals surface area contributed by atoms with Crippen LogP contribution in [0.4, 0.5) is 11.8 Å². The molecule has 3 aliphatic heterocycles. The first-order valence-electron chi connectivity index (χ1n) is 9.66. The van der Waals surface area contributed by atoms with E-state index >= 15 is 0 Å². The summed E-state index contributed by atoms with van der Waals surface area (Å²) in [5, 5.41) is 0. The average molecular weight is 343 g/mol. The lowest BCUT2D eigenvalue weighted by Gasteiger charge is -2.36. The van der Waals surface area contributed by atoms with Crippen LogP contribution in [0.5, 0.6) is 0 Å². The third kappa shape index (κ3) is 3.31. The van der Waals surface area contributed by atoms with Gasteiger partial charge in [0, 0.05) is 51.5 Å². The van der Waals surface area contributed by atoms with E-state index in [1.165, 1.54) is 12.8 Å². The molecule has 4 heterocycles. The molecule has 1 saturated carbocycles. The normalized spacial score (nSPS) is 26.1. The monoisotopic (exact) mass is 343 g/mol. The molecule has 6 nitrogen and oxygen atoms in total. The van der Waals surface area contributed by atoms with Crippen LogP contribution in [0.1, 0.15) is 38.3 Å². The summed E-state index contributed by atoms with van der Waals surface area (Å²) in [6.07, 6.45) is 5.63. The van der Waals surface area contributed by atoms with E-state index in [2.05, 4.69) is 27.8 Å². The van der Waals surface area contributed by atoms with Gasteiger partial charge in [-0.05, 0) is 38.0 Å². The lowest BCUT2D eigenvalue weighted by Crippen LogP contribution is -2.48. The molecule has 1 aromatic heterocycles. The zero-order valence-corrected chi connectivity index (χ0v) is 15.6. The SMILES string of the molecule is CCc1cc(N2C[C@@H]3CC[C@H](C2)N(CC2CC2)C3=O)nc(N(C)C)n1. The molecule has 1 amide bonds. The number of fused-ring (bicyclic) bond motifs is 4. The molecule has 5 rings (SSSR count). The molecule has 2 bridgehead atoms. The minimum absolute atomic E-state index is 0.125. The number of aromatic nitrogens is 2. The number of anilines is 2. The summed E-state index contributed by atoms with van der Waals surface area (Å²) in [4.78, 5) is 28.8. The second-order valence-electron chi connectivity index (χ2n) is 8.03. The van der Waals surface area contributed by atoms with Gasteiger partial charge in [-0.15, -0.1) is 0 Å². The molecule has 4 aliphatic rings. The van der Waals surface area contributed by atoms with Crippen molar-refractivity contribution < 1.29 is 4.79 Å². The Morgan fingerprint density at radius 1 is 1.16 bits per heavy atom. The van der Waals surface area contributed by atoms with Crippen molar-refractivity contribution in [2.45, 2.75) is 45.1 Å². The van der Waals surface area contributed by atoms with Crippen molar-refractivity contribution >= 4 is 17.7 Å². The maximum Gasteiger partial charge on any atom is 0.227 e. The Bertz CT molecular complexity index is 657. The molecule has 136 valence electrons. The van der Waals surface area contributed by atoms with Crippen molar-refractivity contribution in [1.82, 2.24) is 14.9 Å². The maximum atomic E-state index is 12.9. The van der Waals surface area contributed by atoms with Crippen LogP contribution in [0.3, 0.4) is 0 Å². The van der Waals surface area contributed by atoms with Crippen molar-refractivity contribution in [3.8, 4) is 0 Å². The second-order valence-corrected chi connectivity index (χ2v) is 8.03. The maximum absolute atomic E-state index is 12.9. The molecular weight excluding hydrogens is 314 g/mol.